The van der Waals surface area contributed by atoms with Crippen molar-refractivity contribution >= 4 is 5.69 Å². The standard InChI is InChI=1S/C10H17N3O/c1-2-13-6-4-3-5-9(13)10-8(11)7-12-14-10/h7,9H,2-6,11H2,1H3. The van der Waals surface area contributed by atoms with E-state index in [9.17, 15) is 0 Å². The second-order valence-electron chi connectivity index (χ2n) is 3.79. The highest BCUT2D eigenvalue weighted by molar-refractivity contribution is 5.40. The average molecular weight is 195 g/mol. The van der Waals surface area contributed by atoms with Crippen LogP contribution in [-0.4, -0.2) is 23.1 Å². The fraction of sp³-hybridized carbons (Fsp3) is 0.700. The van der Waals surface area contributed by atoms with Crippen LogP contribution >= 0.6 is 0 Å². The summed E-state index contributed by atoms with van der Waals surface area (Å²) in [6.07, 6.45) is 5.25. The lowest BCUT2D eigenvalue weighted by molar-refractivity contribution is 0.131. The summed E-state index contributed by atoms with van der Waals surface area (Å²) < 4.78 is 5.22. The molecule has 78 valence electrons. The summed E-state index contributed by atoms with van der Waals surface area (Å²) in [7, 11) is 0. The average Bonchev–Trinajstić information content (AvgIpc) is 2.64. The van der Waals surface area contributed by atoms with Crippen molar-refractivity contribution in [2.75, 3.05) is 18.8 Å². The van der Waals surface area contributed by atoms with Gasteiger partial charge in [-0.15, -0.1) is 0 Å². The molecule has 0 saturated carbocycles. The molecular weight excluding hydrogens is 178 g/mol. The normalized spacial score (nSPS) is 23.9. The number of nitrogens with two attached hydrogens (primary N) is 1. The van der Waals surface area contributed by atoms with Gasteiger partial charge in [0, 0.05) is 0 Å². The number of nitrogen functional groups attached to an aromatic ring is 1. The minimum atomic E-state index is 0.344. The van der Waals surface area contributed by atoms with Gasteiger partial charge in [0.25, 0.3) is 0 Å². The first-order valence-corrected chi connectivity index (χ1v) is 5.27. The molecule has 1 aliphatic rings. The van der Waals surface area contributed by atoms with Gasteiger partial charge in [-0.3, -0.25) is 4.90 Å². The quantitative estimate of drug-likeness (QED) is 0.781. The van der Waals surface area contributed by atoms with Crippen LogP contribution in [0.15, 0.2) is 10.7 Å². The number of anilines is 1. The molecule has 2 rings (SSSR count). The zero-order chi connectivity index (χ0) is 9.97. The molecule has 1 atom stereocenters. The molecule has 4 heteroatoms. The zero-order valence-corrected chi connectivity index (χ0v) is 8.57. The van der Waals surface area contributed by atoms with Gasteiger partial charge in [-0.05, 0) is 25.9 Å². The van der Waals surface area contributed by atoms with E-state index in [4.69, 9.17) is 10.3 Å². The molecule has 2 heterocycles. The van der Waals surface area contributed by atoms with E-state index in [1.54, 1.807) is 6.20 Å². The van der Waals surface area contributed by atoms with Gasteiger partial charge in [0.05, 0.1) is 17.9 Å². The van der Waals surface area contributed by atoms with Crippen molar-refractivity contribution < 1.29 is 4.52 Å². The van der Waals surface area contributed by atoms with Crippen LogP contribution in [0.2, 0.25) is 0 Å². The molecular formula is C10H17N3O. The highest BCUT2D eigenvalue weighted by Gasteiger charge is 2.27. The summed E-state index contributed by atoms with van der Waals surface area (Å²) in [5.74, 6) is 0.853. The van der Waals surface area contributed by atoms with Crippen LogP contribution < -0.4 is 5.73 Å². The van der Waals surface area contributed by atoms with Crippen molar-refractivity contribution in [2.24, 2.45) is 0 Å². The highest BCUT2D eigenvalue weighted by Crippen LogP contribution is 2.33. The van der Waals surface area contributed by atoms with Crippen LogP contribution in [0.5, 0.6) is 0 Å². The Balaban J connectivity index is 2.19. The molecule has 1 aliphatic heterocycles. The fourth-order valence-corrected chi connectivity index (χ4v) is 2.18. The molecule has 1 fully saturated rings. The van der Waals surface area contributed by atoms with Crippen molar-refractivity contribution in [3.8, 4) is 0 Å². The van der Waals surface area contributed by atoms with Crippen molar-refractivity contribution in [2.45, 2.75) is 32.2 Å². The lowest BCUT2D eigenvalue weighted by Gasteiger charge is -2.33. The van der Waals surface area contributed by atoms with Crippen molar-refractivity contribution in [3.63, 3.8) is 0 Å². The molecule has 2 N–H and O–H groups in total. The molecule has 1 saturated heterocycles. The lowest BCUT2D eigenvalue weighted by atomic mass is 9.99. The Kier molecular flexibility index (Phi) is 2.72. The van der Waals surface area contributed by atoms with E-state index in [0.29, 0.717) is 11.7 Å². The maximum atomic E-state index is 5.81. The molecule has 0 amide bonds. The Morgan fingerprint density at radius 2 is 2.50 bits per heavy atom. The van der Waals surface area contributed by atoms with Crippen LogP contribution in [-0.2, 0) is 0 Å². The van der Waals surface area contributed by atoms with Gasteiger partial charge >= 0.3 is 0 Å². The Labute approximate surface area is 84.0 Å². The smallest absolute Gasteiger partial charge is 0.176 e. The van der Waals surface area contributed by atoms with Gasteiger partial charge in [0.15, 0.2) is 5.76 Å². The van der Waals surface area contributed by atoms with E-state index in [1.807, 2.05) is 0 Å². The van der Waals surface area contributed by atoms with E-state index in [-0.39, 0.29) is 0 Å². The summed E-state index contributed by atoms with van der Waals surface area (Å²) in [6.45, 7) is 4.36. The molecule has 0 spiro atoms. The van der Waals surface area contributed by atoms with Crippen LogP contribution in [0.1, 0.15) is 38.0 Å². The van der Waals surface area contributed by atoms with Crippen LogP contribution in [0.4, 0.5) is 5.69 Å². The number of rotatable bonds is 2. The second kappa shape index (κ2) is 4.00. The number of hydrogen-bond donors (Lipinski definition) is 1. The summed E-state index contributed by atoms with van der Waals surface area (Å²) in [5, 5.41) is 3.74. The van der Waals surface area contributed by atoms with Crippen molar-refractivity contribution in [3.05, 3.63) is 12.0 Å². The van der Waals surface area contributed by atoms with E-state index >= 15 is 0 Å². The topological polar surface area (TPSA) is 55.3 Å². The van der Waals surface area contributed by atoms with Gasteiger partial charge in [-0.1, -0.05) is 18.5 Å². The van der Waals surface area contributed by atoms with Gasteiger partial charge in [0.2, 0.25) is 0 Å². The molecule has 14 heavy (non-hydrogen) atoms. The summed E-state index contributed by atoms with van der Waals surface area (Å²) in [5.41, 5.74) is 6.50. The number of likely N-dealkylation sites (tertiary alicyclic amines) is 1. The van der Waals surface area contributed by atoms with Crippen LogP contribution in [0, 0.1) is 0 Å². The molecule has 1 aromatic rings. The first-order valence-electron chi connectivity index (χ1n) is 5.27. The first kappa shape index (κ1) is 9.52. The monoisotopic (exact) mass is 195 g/mol. The third-order valence-electron chi connectivity index (χ3n) is 2.95. The minimum Gasteiger partial charge on any atom is -0.394 e. The summed E-state index contributed by atoms with van der Waals surface area (Å²) in [6, 6.07) is 0.344. The predicted molar refractivity (Wildman–Crippen MR) is 54.8 cm³/mol. The second-order valence-corrected chi connectivity index (χ2v) is 3.79. The maximum Gasteiger partial charge on any atom is 0.176 e. The Morgan fingerprint density at radius 1 is 1.64 bits per heavy atom. The maximum absolute atomic E-state index is 5.81. The van der Waals surface area contributed by atoms with Crippen molar-refractivity contribution in [1.29, 1.82) is 0 Å². The number of hydrogen-bond acceptors (Lipinski definition) is 4. The lowest BCUT2D eigenvalue weighted by Crippen LogP contribution is -2.33. The molecule has 0 aliphatic carbocycles. The summed E-state index contributed by atoms with van der Waals surface area (Å²) >= 11 is 0. The van der Waals surface area contributed by atoms with E-state index < -0.39 is 0 Å². The Morgan fingerprint density at radius 3 is 3.14 bits per heavy atom. The number of aromatic nitrogens is 1. The SMILES string of the molecule is CCN1CCCCC1c1oncc1N. The van der Waals surface area contributed by atoms with Gasteiger partial charge in [-0.25, -0.2) is 0 Å². The van der Waals surface area contributed by atoms with Crippen LogP contribution in [0.25, 0.3) is 0 Å². The third kappa shape index (κ3) is 1.62. The molecule has 0 aromatic carbocycles. The van der Waals surface area contributed by atoms with Gasteiger partial charge in [-0.2, -0.15) is 0 Å². The zero-order valence-electron chi connectivity index (χ0n) is 8.57. The molecule has 4 nitrogen and oxygen atoms in total. The molecule has 0 radical (unpaired) electrons. The van der Waals surface area contributed by atoms with Gasteiger partial charge < -0.3 is 10.3 Å². The Bertz CT molecular complexity index is 297. The Hall–Kier alpha value is -1.03. The first-order chi connectivity index (χ1) is 6.83. The highest BCUT2D eigenvalue weighted by atomic mass is 16.5. The van der Waals surface area contributed by atoms with E-state index in [0.717, 1.165) is 25.3 Å². The van der Waals surface area contributed by atoms with Crippen LogP contribution in [0.3, 0.4) is 0 Å². The third-order valence-corrected chi connectivity index (χ3v) is 2.95. The number of nitrogens with zero attached hydrogens (tertiary/aromatic N) is 2. The van der Waals surface area contributed by atoms with Crippen molar-refractivity contribution in [1.82, 2.24) is 10.1 Å². The molecule has 1 unspecified atom stereocenters. The van der Waals surface area contributed by atoms with Gasteiger partial charge in [0.1, 0.15) is 0 Å². The van der Waals surface area contributed by atoms with E-state index in [1.165, 1.54) is 12.8 Å². The number of piperidine rings is 1. The largest absolute Gasteiger partial charge is 0.394 e. The summed E-state index contributed by atoms with van der Waals surface area (Å²) in [4.78, 5) is 2.40. The van der Waals surface area contributed by atoms with E-state index in [2.05, 4.69) is 17.0 Å². The molecule has 1 aromatic heterocycles. The minimum absolute atomic E-state index is 0.344. The fourth-order valence-electron chi connectivity index (χ4n) is 2.18. The molecule has 0 bridgehead atoms. The predicted octanol–water partition coefficient (Wildman–Crippen LogP) is 1.80.